The average Bonchev–Trinajstić information content (AvgIpc) is 2.91. The zero-order valence-electron chi connectivity index (χ0n) is 10.7. The fourth-order valence-corrected chi connectivity index (χ4v) is 2.12. The lowest BCUT2D eigenvalue weighted by atomic mass is 10.2. The highest BCUT2D eigenvalue weighted by Crippen LogP contribution is 2.14. The number of carbonyl (C=O) groups excluding carboxylic acids is 1. The van der Waals surface area contributed by atoms with Gasteiger partial charge in [-0.3, -0.25) is 9.48 Å². The molecule has 1 aromatic heterocycles. The summed E-state index contributed by atoms with van der Waals surface area (Å²) in [5.41, 5.74) is 0.487. The molecule has 1 unspecified atom stereocenters. The number of hydrogen-bond acceptors (Lipinski definition) is 4. The number of primary sulfonamides is 1. The first-order chi connectivity index (χ1) is 9.38. The lowest BCUT2D eigenvalue weighted by Gasteiger charge is -2.12. The lowest BCUT2D eigenvalue weighted by molar-refractivity contribution is -0.119. The molecule has 1 aromatic carbocycles. The Bertz CT molecular complexity index is 693. The van der Waals surface area contributed by atoms with Crippen LogP contribution in [0.15, 0.2) is 47.6 Å². The zero-order chi connectivity index (χ0) is 14.8. The Labute approximate surface area is 116 Å². The molecule has 3 N–H and O–H groups in total. The number of carbonyl (C=O) groups is 1. The van der Waals surface area contributed by atoms with Crippen LogP contribution in [-0.2, 0) is 14.8 Å². The van der Waals surface area contributed by atoms with E-state index in [1.807, 2.05) is 0 Å². The highest BCUT2D eigenvalue weighted by atomic mass is 32.2. The number of anilines is 1. The summed E-state index contributed by atoms with van der Waals surface area (Å²) in [5, 5.41) is 11.7. The Balaban J connectivity index is 2.09. The molecule has 0 aliphatic heterocycles. The second kappa shape index (κ2) is 5.43. The van der Waals surface area contributed by atoms with Crippen molar-refractivity contribution in [3.8, 4) is 0 Å². The predicted molar refractivity (Wildman–Crippen MR) is 73.4 cm³/mol. The van der Waals surface area contributed by atoms with E-state index in [9.17, 15) is 13.2 Å². The van der Waals surface area contributed by atoms with Gasteiger partial charge in [0.1, 0.15) is 6.04 Å². The van der Waals surface area contributed by atoms with E-state index in [-0.39, 0.29) is 10.8 Å². The molecular formula is C12H14N4O3S. The second-order valence-corrected chi connectivity index (χ2v) is 5.78. The summed E-state index contributed by atoms with van der Waals surface area (Å²) >= 11 is 0. The SMILES string of the molecule is CC(C(=O)Nc1ccc(S(N)(=O)=O)cc1)n1cccn1. The van der Waals surface area contributed by atoms with Crippen molar-refractivity contribution in [3.05, 3.63) is 42.7 Å². The van der Waals surface area contributed by atoms with Crippen molar-refractivity contribution in [2.75, 3.05) is 5.32 Å². The molecule has 2 aromatic rings. The van der Waals surface area contributed by atoms with Crippen LogP contribution >= 0.6 is 0 Å². The van der Waals surface area contributed by atoms with Gasteiger partial charge in [-0.25, -0.2) is 13.6 Å². The topological polar surface area (TPSA) is 107 Å². The van der Waals surface area contributed by atoms with Crippen LogP contribution in [0.5, 0.6) is 0 Å². The summed E-state index contributed by atoms with van der Waals surface area (Å²) in [6, 6.07) is 6.89. The van der Waals surface area contributed by atoms with Crippen LogP contribution in [0.4, 0.5) is 5.69 Å². The van der Waals surface area contributed by atoms with Crippen molar-refractivity contribution in [2.24, 2.45) is 5.14 Å². The molecule has 0 fully saturated rings. The third-order valence-electron chi connectivity index (χ3n) is 2.75. The monoisotopic (exact) mass is 294 g/mol. The summed E-state index contributed by atoms with van der Waals surface area (Å²) < 4.78 is 23.7. The molecule has 0 radical (unpaired) electrons. The molecule has 0 saturated heterocycles. The maximum atomic E-state index is 12.0. The standard InChI is InChI=1S/C12H14N4O3S/c1-9(16-8-2-7-14-16)12(17)15-10-3-5-11(6-4-10)20(13,18)19/h2-9H,1H3,(H,15,17)(H2,13,18,19). The average molecular weight is 294 g/mol. The van der Waals surface area contributed by atoms with Crippen LogP contribution in [0.25, 0.3) is 0 Å². The molecule has 0 spiro atoms. The van der Waals surface area contributed by atoms with E-state index in [0.717, 1.165) is 0 Å². The molecule has 0 saturated carbocycles. The van der Waals surface area contributed by atoms with E-state index in [4.69, 9.17) is 5.14 Å². The Morgan fingerprint density at radius 2 is 2.00 bits per heavy atom. The van der Waals surface area contributed by atoms with Gasteiger partial charge in [0.25, 0.3) is 0 Å². The smallest absolute Gasteiger partial charge is 0.248 e. The quantitative estimate of drug-likeness (QED) is 0.866. The van der Waals surface area contributed by atoms with Gasteiger partial charge in [-0.15, -0.1) is 0 Å². The van der Waals surface area contributed by atoms with Gasteiger partial charge in [-0.05, 0) is 37.3 Å². The number of benzene rings is 1. The molecule has 0 aliphatic carbocycles. The minimum Gasteiger partial charge on any atom is -0.324 e. The number of rotatable bonds is 4. The molecule has 0 bridgehead atoms. The van der Waals surface area contributed by atoms with Gasteiger partial charge in [-0.1, -0.05) is 0 Å². The van der Waals surface area contributed by atoms with E-state index in [1.165, 1.54) is 28.9 Å². The number of hydrogen-bond donors (Lipinski definition) is 2. The van der Waals surface area contributed by atoms with Crippen LogP contribution < -0.4 is 10.5 Å². The first kappa shape index (κ1) is 14.2. The second-order valence-electron chi connectivity index (χ2n) is 4.22. The predicted octanol–water partition coefficient (Wildman–Crippen LogP) is 0.730. The summed E-state index contributed by atoms with van der Waals surface area (Å²) in [6.45, 7) is 1.71. The molecular weight excluding hydrogens is 280 g/mol. The highest BCUT2D eigenvalue weighted by Gasteiger charge is 2.15. The molecule has 2 rings (SSSR count). The molecule has 20 heavy (non-hydrogen) atoms. The summed E-state index contributed by atoms with van der Waals surface area (Å²) in [4.78, 5) is 12.0. The Kier molecular flexibility index (Phi) is 3.86. The first-order valence-corrected chi connectivity index (χ1v) is 7.35. The largest absolute Gasteiger partial charge is 0.324 e. The van der Waals surface area contributed by atoms with Gasteiger partial charge in [0.05, 0.1) is 4.90 Å². The normalized spacial score (nSPS) is 12.9. The molecule has 8 heteroatoms. The molecule has 1 heterocycles. The van der Waals surface area contributed by atoms with Gasteiger partial charge in [0.15, 0.2) is 0 Å². The Hall–Kier alpha value is -2.19. The third-order valence-corrected chi connectivity index (χ3v) is 3.68. The lowest BCUT2D eigenvalue weighted by Crippen LogP contribution is -2.24. The Morgan fingerprint density at radius 1 is 1.35 bits per heavy atom. The van der Waals surface area contributed by atoms with Gasteiger partial charge in [0.2, 0.25) is 15.9 Å². The summed E-state index contributed by atoms with van der Waals surface area (Å²) in [5.74, 6) is -0.253. The van der Waals surface area contributed by atoms with Crippen molar-refractivity contribution < 1.29 is 13.2 Å². The van der Waals surface area contributed by atoms with E-state index in [1.54, 1.807) is 25.4 Å². The van der Waals surface area contributed by atoms with E-state index < -0.39 is 16.1 Å². The zero-order valence-corrected chi connectivity index (χ0v) is 11.5. The van der Waals surface area contributed by atoms with Gasteiger partial charge in [-0.2, -0.15) is 5.10 Å². The fraction of sp³-hybridized carbons (Fsp3) is 0.167. The van der Waals surface area contributed by atoms with Gasteiger partial charge in [0, 0.05) is 18.1 Å². The minimum absolute atomic E-state index is 0.00405. The third kappa shape index (κ3) is 3.22. The number of sulfonamides is 1. The maximum absolute atomic E-state index is 12.0. The van der Waals surface area contributed by atoms with Crippen LogP contribution in [-0.4, -0.2) is 24.1 Å². The van der Waals surface area contributed by atoms with Crippen molar-refractivity contribution >= 4 is 21.6 Å². The number of aromatic nitrogens is 2. The van der Waals surface area contributed by atoms with E-state index in [0.29, 0.717) is 5.69 Å². The van der Waals surface area contributed by atoms with Crippen molar-refractivity contribution in [1.82, 2.24) is 9.78 Å². The minimum atomic E-state index is -3.73. The van der Waals surface area contributed by atoms with Crippen LogP contribution in [0.3, 0.4) is 0 Å². The van der Waals surface area contributed by atoms with E-state index >= 15 is 0 Å². The number of nitrogens with zero attached hydrogens (tertiary/aromatic N) is 2. The summed E-state index contributed by atoms with van der Waals surface area (Å²) in [7, 11) is -3.73. The molecule has 1 atom stereocenters. The van der Waals surface area contributed by atoms with Crippen LogP contribution in [0, 0.1) is 0 Å². The first-order valence-electron chi connectivity index (χ1n) is 5.81. The van der Waals surface area contributed by atoms with Crippen LogP contribution in [0.2, 0.25) is 0 Å². The van der Waals surface area contributed by atoms with Crippen molar-refractivity contribution in [3.63, 3.8) is 0 Å². The Morgan fingerprint density at radius 3 is 2.50 bits per heavy atom. The van der Waals surface area contributed by atoms with Gasteiger partial charge < -0.3 is 5.32 Å². The fourth-order valence-electron chi connectivity index (χ4n) is 1.60. The summed E-state index contributed by atoms with van der Waals surface area (Å²) in [6.07, 6.45) is 3.28. The molecule has 1 amide bonds. The van der Waals surface area contributed by atoms with Crippen LogP contribution in [0.1, 0.15) is 13.0 Å². The highest BCUT2D eigenvalue weighted by molar-refractivity contribution is 7.89. The van der Waals surface area contributed by atoms with Gasteiger partial charge >= 0.3 is 0 Å². The molecule has 7 nitrogen and oxygen atoms in total. The number of nitrogens with two attached hydrogens (primary N) is 1. The number of nitrogens with one attached hydrogen (secondary N) is 1. The van der Waals surface area contributed by atoms with E-state index in [2.05, 4.69) is 10.4 Å². The molecule has 106 valence electrons. The van der Waals surface area contributed by atoms with Crippen molar-refractivity contribution in [2.45, 2.75) is 17.9 Å². The molecule has 0 aliphatic rings. The number of amides is 1. The van der Waals surface area contributed by atoms with Crippen molar-refractivity contribution in [1.29, 1.82) is 0 Å². The maximum Gasteiger partial charge on any atom is 0.248 e.